The summed E-state index contributed by atoms with van der Waals surface area (Å²) in [5, 5.41) is 0. The van der Waals surface area contributed by atoms with E-state index in [4.69, 9.17) is 10.2 Å². The Labute approximate surface area is 116 Å². The van der Waals surface area contributed by atoms with E-state index in [9.17, 15) is 0 Å². The Hall–Kier alpha value is -0.840. The Morgan fingerprint density at radius 3 is 2.89 bits per heavy atom. The number of hydrogen-bond donors (Lipinski definition) is 1. The van der Waals surface area contributed by atoms with Crippen LogP contribution in [0.25, 0.3) is 0 Å². The van der Waals surface area contributed by atoms with Crippen molar-refractivity contribution in [3.8, 4) is 0 Å². The molecule has 1 fully saturated rings. The van der Waals surface area contributed by atoms with Crippen molar-refractivity contribution in [3.63, 3.8) is 0 Å². The second-order valence-electron chi connectivity index (χ2n) is 5.75. The van der Waals surface area contributed by atoms with E-state index < -0.39 is 0 Å². The third-order valence-electron chi connectivity index (χ3n) is 4.36. The van der Waals surface area contributed by atoms with Gasteiger partial charge in [-0.2, -0.15) is 0 Å². The molecular formula is C15H27N3O. The monoisotopic (exact) mass is 265 g/mol. The van der Waals surface area contributed by atoms with Crippen molar-refractivity contribution in [2.45, 2.75) is 44.3 Å². The summed E-state index contributed by atoms with van der Waals surface area (Å²) in [6.45, 7) is 4.40. The summed E-state index contributed by atoms with van der Waals surface area (Å²) in [5.74, 6) is 0.984. The molecule has 0 bridgehead atoms. The lowest BCUT2D eigenvalue weighted by Gasteiger charge is -2.34. The second kappa shape index (κ2) is 6.55. The first kappa shape index (κ1) is 14.6. The van der Waals surface area contributed by atoms with Gasteiger partial charge >= 0.3 is 0 Å². The predicted octanol–water partition coefficient (Wildman–Crippen LogP) is 2.08. The molecule has 0 aromatic carbocycles. The fourth-order valence-electron chi connectivity index (χ4n) is 3.09. The van der Waals surface area contributed by atoms with E-state index in [1.807, 2.05) is 12.1 Å². The SMILES string of the molecule is CCC(N)C(c1ccco1)N(C)CC1CCCN1C. The van der Waals surface area contributed by atoms with E-state index in [1.54, 1.807) is 6.26 Å². The number of likely N-dealkylation sites (tertiary alicyclic amines) is 1. The minimum absolute atomic E-state index is 0.114. The van der Waals surface area contributed by atoms with Gasteiger partial charge in [0.05, 0.1) is 12.3 Å². The number of likely N-dealkylation sites (N-methyl/N-ethyl adjacent to an activating group) is 2. The molecule has 2 heterocycles. The van der Waals surface area contributed by atoms with Gasteiger partial charge in [0.15, 0.2) is 0 Å². The Morgan fingerprint density at radius 2 is 2.37 bits per heavy atom. The largest absolute Gasteiger partial charge is 0.468 e. The summed E-state index contributed by atoms with van der Waals surface area (Å²) in [6, 6.07) is 4.92. The molecule has 3 atom stereocenters. The normalized spacial score (nSPS) is 23.9. The van der Waals surface area contributed by atoms with Gasteiger partial charge in [0.2, 0.25) is 0 Å². The van der Waals surface area contributed by atoms with Crippen molar-refractivity contribution in [1.29, 1.82) is 0 Å². The molecule has 0 spiro atoms. The fraction of sp³-hybridized carbons (Fsp3) is 0.733. The molecule has 0 saturated carbocycles. The molecule has 2 rings (SSSR count). The van der Waals surface area contributed by atoms with Gasteiger partial charge in [-0.25, -0.2) is 0 Å². The highest BCUT2D eigenvalue weighted by atomic mass is 16.3. The minimum atomic E-state index is 0.114. The zero-order valence-electron chi connectivity index (χ0n) is 12.4. The Balaban J connectivity index is 2.05. The van der Waals surface area contributed by atoms with Gasteiger partial charge in [-0.05, 0) is 52.0 Å². The first-order valence-corrected chi connectivity index (χ1v) is 7.33. The van der Waals surface area contributed by atoms with Crippen LogP contribution in [0.15, 0.2) is 22.8 Å². The van der Waals surface area contributed by atoms with Gasteiger partial charge in [-0.3, -0.25) is 4.90 Å². The Bertz CT molecular complexity index is 365. The van der Waals surface area contributed by atoms with E-state index in [-0.39, 0.29) is 12.1 Å². The van der Waals surface area contributed by atoms with Crippen molar-refractivity contribution in [1.82, 2.24) is 9.80 Å². The van der Waals surface area contributed by atoms with Gasteiger partial charge in [-0.15, -0.1) is 0 Å². The molecule has 1 aliphatic rings. The van der Waals surface area contributed by atoms with Gasteiger partial charge in [0.25, 0.3) is 0 Å². The summed E-state index contributed by atoms with van der Waals surface area (Å²) < 4.78 is 5.60. The van der Waals surface area contributed by atoms with Gasteiger partial charge < -0.3 is 15.1 Å². The van der Waals surface area contributed by atoms with Gasteiger partial charge in [-0.1, -0.05) is 6.92 Å². The maximum absolute atomic E-state index is 6.30. The molecule has 1 saturated heterocycles. The molecule has 0 radical (unpaired) electrons. The lowest BCUT2D eigenvalue weighted by atomic mass is 10.0. The smallest absolute Gasteiger partial charge is 0.122 e. The summed E-state index contributed by atoms with van der Waals surface area (Å²) in [4.78, 5) is 4.81. The molecule has 4 heteroatoms. The van der Waals surface area contributed by atoms with E-state index >= 15 is 0 Å². The first-order chi connectivity index (χ1) is 9.13. The van der Waals surface area contributed by atoms with Crippen LogP contribution in [0.2, 0.25) is 0 Å². The summed E-state index contributed by atoms with van der Waals surface area (Å²) in [6.07, 6.45) is 5.28. The van der Waals surface area contributed by atoms with Crippen LogP contribution in [0.1, 0.15) is 38.0 Å². The third-order valence-corrected chi connectivity index (χ3v) is 4.36. The number of rotatable bonds is 6. The van der Waals surface area contributed by atoms with Crippen LogP contribution in [0.4, 0.5) is 0 Å². The summed E-state index contributed by atoms with van der Waals surface area (Å²) in [7, 11) is 4.38. The maximum Gasteiger partial charge on any atom is 0.122 e. The quantitative estimate of drug-likeness (QED) is 0.855. The average Bonchev–Trinajstić information content (AvgIpc) is 3.03. The van der Waals surface area contributed by atoms with Crippen LogP contribution in [-0.2, 0) is 0 Å². The molecule has 1 aromatic heterocycles. The highest BCUT2D eigenvalue weighted by molar-refractivity contribution is 5.08. The van der Waals surface area contributed by atoms with Gasteiger partial charge in [0, 0.05) is 18.6 Å². The Kier molecular flexibility index (Phi) is 5.02. The first-order valence-electron chi connectivity index (χ1n) is 7.33. The van der Waals surface area contributed by atoms with Crippen LogP contribution in [0.3, 0.4) is 0 Å². The highest BCUT2D eigenvalue weighted by Gasteiger charge is 2.29. The van der Waals surface area contributed by atoms with E-state index in [0.29, 0.717) is 6.04 Å². The third kappa shape index (κ3) is 3.38. The molecule has 1 aliphatic heterocycles. The van der Waals surface area contributed by atoms with E-state index in [0.717, 1.165) is 18.7 Å². The van der Waals surface area contributed by atoms with Crippen molar-refractivity contribution in [2.75, 3.05) is 27.2 Å². The highest BCUT2D eigenvalue weighted by Crippen LogP contribution is 2.26. The molecule has 19 heavy (non-hydrogen) atoms. The van der Waals surface area contributed by atoms with Crippen LogP contribution < -0.4 is 5.73 Å². The zero-order valence-corrected chi connectivity index (χ0v) is 12.4. The zero-order chi connectivity index (χ0) is 13.8. The lowest BCUT2D eigenvalue weighted by molar-refractivity contribution is 0.141. The maximum atomic E-state index is 6.30. The molecule has 108 valence electrons. The number of nitrogens with two attached hydrogens (primary N) is 1. The number of nitrogens with zero attached hydrogens (tertiary/aromatic N) is 2. The van der Waals surface area contributed by atoms with Crippen LogP contribution in [0.5, 0.6) is 0 Å². The molecule has 0 amide bonds. The van der Waals surface area contributed by atoms with Crippen LogP contribution in [0, 0.1) is 0 Å². The van der Waals surface area contributed by atoms with Crippen LogP contribution >= 0.6 is 0 Å². The second-order valence-corrected chi connectivity index (χ2v) is 5.75. The molecular weight excluding hydrogens is 238 g/mol. The summed E-state index contributed by atoms with van der Waals surface area (Å²) in [5.41, 5.74) is 6.30. The van der Waals surface area contributed by atoms with E-state index in [2.05, 4.69) is 30.8 Å². The van der Waals surface area contributed by atoms with Crippen molar-refractivity contribution in [3.05, 3.63) is 24.2 Å². The van der Waals surface area contributed by atoms with Crippen molar-refractivity contribution in [2.24, 2.45) is 5.73 Å². The average molecular weight is 265 g/mol. The van der Waals surface area contributed by atoms with Crippen molar-refractivity contribution < 1.29 is 4.42 Å². The number of furan rings is 1. The minimum Gasteiger partial charge on any atom is -0.468 e. The molecule has 0 aliphatic carbocycles. The molecule has 2 N–H and O–H groups in total. The molecule has 1 aromatic rings. The van der Waals surface area contributed by atoms with Crippen molar-refractivity contribution >= 4 is 0 Å². The Morgan fingerprint density at radius 1 is 1.58 bits per heavy atom. The fourth-order valence-corrected chi connectivity index (χ4v) is 3.09. The molecule has 3 unspecified atom stereocenters. The predicted molar refractivity (Wildman–Crippen MR) is 78.0 cm³/mol. The standard InChI is InChI=1S/C15H27N3O/c1-4-13(16)15(14-8-6-10-19-14)18(3)11-12-7-5-9-17(12)2/h6,8,10,12-13,15H,4-5,7,9,11,16H2,1-3H3. The topological polar surface area (TPSA) is 45.6 Å². The molecule has 4 nitrogen and oxygen atoms in total. The van der Waals surface area contributed by atoms with Gasteiger partial charge in [0.1, 0.15) is 5.76 Å². The number of hydrogen-bond acceptors (Lipinski definition) is 4. The summed E-state index contributed by atoms with van der Waals surface area (Å²) >= 11 is 0. The van der Waals surface area contributed by atoms with Crippen LogP contribution in [-0.4, -0.2) is 49.1 Å². The van der Waals surface area contributed by atoms with E-state index in [1.165, 1.54) is 19.4 Å². The lowest BCUT2D eigenvalue weighted by Crippen LogP contribution is -2.44.